The summed E-state index contributed by atoms with van der Waals surface area (Å²) < 4.78 is 11.7. The van der Waals surface area contributed by atoms with Crippen LogP contribution in [0.2, 0.25) is 0 Å². The van der Waals surface area contributed by atoms with E-state index in [1.165, 1.54) is 7.11 Å². The van der Waals surface area contributed by atoms with Gasteiger partial charge in [-0.3, -0.25) is 4.79 Å². The predicted octanol–water partition coefficient (Wildman–Crippen LogP) is 3.73. The highest BCUT2D eigenvalue weighted by molar-refractivity contribution is 5.89. The largest absolute Gasteiger partial charge is 0.465 e. The molecule has 2 bridgehead atoms. The molecule has 0 aromatic heterocycles. The smallest absolute Gasteiger partial charge is 0.361 e. The summed E-state index contributed by atoms with van der Waals surface area (Å²) in [5.74, 6) is -0.394. The number of nitrogens with zero attached hydrogens (tertiary/aromatic N) is 1. The van der Waals surface area contributed by atoms with Crippen molar-refractivity contribution in [1.82, 2.24) is 0 Å². The number of hydrogen-bond acceptors (Lipinski definition) is 4. The Hall–Kier alpha value is -2.14. The van der Waals surface area contributed by atoms with Crippen LogP contribution < -0.4 is 0 Å². The molecule has 0 N–H and O–H groups in total. The van der Waals surface area contributed by atoms with Gasteiger partial charge in [0, 0.05) is 25.7 Å². The van der Waals surface area contributed by atoms with Gasteiger partial charge in [-0.05, 0) is 30.4 Å². The van der Waals surface area contributed by atoms with Gasteiger partial charge >= 0.3 is 11.9 Å². The number of rotatable bonds is 5. The van der Waals surface area contributed by atoms with Crippen molar-refractivity contribution in [2.24, 2.45) is 5.92 Å². The van der Waals surface area contributed by atoms with E-state index in [1.807, 2.05) is 18.2 Å². The lowest BCUT2D eigenvalue weighted by Gasteiger charge is -2.46. The molecule has 0 spiro atoms. The number of fused-ring (bicyclic) bond motifs is 2. The van der Waals surface area contributed by atoms with Crippen LogP contribution in [0.25, 0.3) is 5.57 Å². The maximum atomic E-state index is 13.1. The van der Waals surface area contributed by atoms with E-state index >= 15 is 0 Å². The van der Waals surface area contributed by atoms with E-state index in [0.717, 1.165) is 60.6 Å². The van der Waals surface area contributed by atoms with Crippen molar-refractivity contribution < 1.29 is 23.5 Å². The van der Waals surface area contributed by atoms with Crippen LogP contribution in [-0.4, -0.2) is 55.3 Å². The van der Waals surface area contributed by atoms with Gasteiger partial charge in [0.1, 0.15) is 6.10 Å². The highest BCUT2D eigenvalue weighted by atomic mass is 16.5. The molecule has 156 valence electrons. The van der Waals surface area contributed by atoms with Crippen molar-refractivity contribution in [3.63, 3.8) is 0 Å². The number of piperidine rings is 1. The fraction of sp³-hybridized carbons (Fsp3) is 0.583. The van der Waals surface area contributed by atoms with Crippen molar-refractivity contribution in [3.8, 4) is 0 Å². The minimum Gasteiger partial charge on any atom is -0.465 e. The van der Waals surface area contributed by atoms with Gasteiger partial charge in [0.05, 0.1) is 32.2 Å². The Morgan fingerprint density at radius 1 is 1.07 bits per heavy atom. The summed E-state index contributed by atoms with van der Waals surface area (Å²) >= 11 is 0. The molecule has 5 nitrogen and oxygen atoms in total. The average molecular weight is 399 g/mol. The lowest BCUT2D eigenvalue weighted by Crippen LogP contribution is -2.61. The first-order chi connectivity index (χ1) is 14.0. The minimum absolute atomic E-state index is 0.0391. The zero-order chi connectivity index (χ0) is 20.4. The van der Waals surface area contributed by atoms with E-state index < -0.39 is 0 Å². The molecule has 3 aliphatic rings. The Morgan fingerprint density at radius 2 is 1.76 bits per heavy atom. The van der Waals surface area contributed by atoms with E-state index in [1.54, 1.807) is 0 Å². The normalized spacial score (nSPS) is 33.7. The molecule has 0 saturated carbocycles. The fourth-order valence-electron chi connectivity index (χ4n) is 5.71. The quantitative estimate of drug-likeness (QED) is 0.560. The molecular formula is C24H32NO4+. The number of ether oxygens (including phenoxy) is 2. The Labute approximate surface area is 173 Å². The molecule has 1 aromatic rings. The summed E-state index contributed by atoms with van der Waals surface area (Å²) in [5.41, 5.74) is 2.24. The van der Waals surface area contributed by atoms with E-state index in [4.69, 9.17) is 9.47 Å². The van der Waals surface area contributed by atoms with Gasteiger partial charge in [0.2, 0.25) is 0 Å². The number of benzene rings is 1. The molecule has 0 amide bonds. The molecule has 29 heavy (non-hydrogen) atoms. The maximum Gasteiger partial charge on any atom is 0.361 e. The molecule has 2 heterocycles. The first-order valence-electron chi connectivity index (χ1n) is 10.9. The molecule has 2 fully saturated rings. The lowest BCUT2D eigenvalue weighted by molar-refractivity contribution is -0.942. The summed E-state index contributed by atoms with van der Waals surface area (Å²) in [5, 5.41) is 0. The third kappa shape index (κ3) is 3.97. The van der Waals surface area contributed by atoms with Gasteiger partial charge in [-0.25, -0.2) is 4.79 Å². The second kappa shape index (κ2) is 8.31. The molecule has 1 aromatic carbocycles. The van der Waals surface area contributed by atoms with Gasteiger partial charge < -0.3 is 14.0 Å². The molecule has 2 aliphatic heterocycles. The van der Waals surface area contributed by atoms with Gasteiger partial charge in [-0.15, -0.1) is 0 Å². The van der Waals surface area contributed by atoms with Gasteiger partial charge in [-0.2, -0.15) is 0 Å². The Balaban J connectivity index is 1.43. The second-order valence-corrected chi connectivity index (χ2v) is 9.01. The highest BCUT2D eigenvalue weighted by Crippen LogP contribution is 2.43. The minimum atomic E-state index is -0.165. The number of carbonyl (C=O) groups is 2. The number of carbonyl (C=O) groups excluding carboxylic acids is 2. The summed E-state index contributed by atoms with van der Waals surface area (Å²) in [6, 6.07) is 10.9. The van der Waals surface area contributed by atoms with Crippen LogP contribution >= 0.6 is 0 Å². The molecule has 3 atom stereocenters. The van der Waals surface area contributed by atoms with Gasteiger partial charge in [-0.1, -0.05) is 36.4 Å². The molecule has 2 saturated heterocycles. The number of quaternary nitrogens is 1. The Kier molecular flexibility index (Phi) is 5.77. The fourth-order valence-corrected chi connectivity index (χ4v) is 5.71. The first-order valence-corrected chi connectivity index (χ1v) is 10.9. The predicted molar refractivity (Wildman–Crippen MR) is 111 cm³/mol. The van der Waals surface area contributed by atoms with Crippen molar-refractivity contribution in [1.29, 1.82) is 0 Å². The molecule has 3 unspecified atom stereocenters. The summed E-state index contributed by atoms with van der Waals surface area (Å²) in [4.78, 5) is 25.0. The molecule has 1 aliphatic carbocycles. The Morgan fingerprint density at radius 3 is 2.41 bits per heavy atom. The topological polar surface area (TPSA) is 52.6 Å². The maximum absolute atomic E-state index is 13.1. The number of allylic oxidation sites excluding steroid dienone is 1. The second-order valence-electron chi connectivity index (χ2n) is 9.01. The van der Waals surface area contributed by atoms with E-state index in [9.17, 15) is 9.59 Å². The van der Waals surface area contributed by atoms with E-state index in [0.29, 0.717) is 18.6 Å². The Bertz CT molecular complexity index is 773. The highest BCUT2D eigenvalue weighted by Gasteiger charge is 2.53. The SMILES string of the molecule is COC(=O)C[N+]1(C)C2CCC1CC(OC(=O)C1CCCC=C1c1ccccc1)C2. The molecule has 4 rings (SSSR count). The standard InChI is InChI=1S/C24H32NO4/c1-25(16-23(26)28-2)18-12-13-19(25)15-20(14-18)29-24(27)22-11-7-6-10-21(22)17-8-4-3-5-9-17/h3-5,8-10,18-20,22H,6-7,11-16H2,1-2H3/q+1. The van der Waals surface area contributed by atoms with Gasteiger partial charge in [0.15, 0.2) is 6.54 Å². The van der Waals surface area contributed by atoms with Crippen LogP contribution in [-0.2, 0) is 19.1 Å². The number of hydrogen-bond donors (Lipinski definition) is 0. The van der Waals surface area contributed by atoms with Crippen molar-refractivity contribution >= 4 is 17.5 Å². The number of likely N-dealkylation sites (N-methyl/N-ethyl adjacent to an activating group) is 1. The lowest BCUT2D eigenvalue weighted by atomic mass is 9.83. The van der Waals surface area contributed by atoms with Crippen LogP contribution in [0.4, 0.5) is 0 Å². The van der Waals surface area contributed by atoms with Crippen molar-refractivity contribution in [2.75, 3.05) is 20.7 Å². The molecular weight excluding hydrogens is 366 g/mol. The first kappa shape index (κ1) is 20.1. The zero-order valence-electron chi connectivity index (χ0n) is 17.5. The zero-order valence-corrected chi connectivity index (χ0v) is 17.5. The number of esters is 2. The van der Waals surface area contributed by atoms with Crippen LogP contribution in [0, 0.1) is 5.92 Å². The van der Waals surface area contributed by atoms with E-state index in [2.05, 4.69) is 25.3 Å². The van der Waals surface area contributed by atoms with E-state index in [-0.39, 0.29) is 24.0 Å². The van der Waals surface area contributed by atoms with Crippen LogP contribution in [0.1, 0.15) is 50.5 Å². The van der Waals surface area contributed by atoms with Crippen LogP contribution in [0.5, 0.6) is 0 Å². The third-order valence-corrected chi connectivity index (χ3v) is 7.38. The van der Waals surface area contributed by atoms with Gasteiger partial charge in [0.25, 0.3) is 0 Å². The summed E-state index contributed by atoms with van der Waals surface area (Å²) in [6.45, 7) is 0.413. The summed E-state index contributed by atoms with van der Waals surface area (Å²) in [7, 11) is 3.61. The summed E-state index contributed by atoms with van der Waals surface area (Å²) in [6.07, 6.45) is 8.93. The molecule has 0 radical (unpaired) electrons. The van der Waals surface area contributed by atoms with Crippen molar-refractivity contribution in [2.45, 2.75) is 63.1 Å². The third-order valence-electron chi connectivity index (χ3n) is 7.38. The molecule has 5 heteroatoms. The number of methoxy groups -OCH3 is 1. The average Bonchev–Trinajstić information content (AvgIpc) is 2.91. The van der Waals surface area contributed by atoms with Crippen molar-refractivity contribution in [3.05, 3.63) is 42.0 Å². The van der Waals surface area contributed by atoms with Crippen LogP contribution in [0.3, 0.4) is 0 Å². The monoisotopic (exact) mass is 398 g/mol. The van der Waals surface area contributed by atoms with Crippen LogP contribution in [0.15, 0.2) is 36.4 Å².